The molecule has 1 N–H and O–H groups in total. The number of nitrogens with zero attached hydrogens (tertiary/aromatic N) is 1. The summed E-state index contributed by atoms with van der Waals surface area (Å²) in [7, 11) is 0. The first kappa shape index (κ1) is 27.0. The third kappa shape index (κ3) is 3.77. The van der Waals surface area contributed by atoms with Crippen LogP contribution in [0.5, 0.6) is 0 Å². The smallest absolute Gasteiger partial charge is 0.0585 e. The molecule has 6 aromatic carbocycles. The molecule has 0 bridgehead atoms. The topological polar surface area (TPSA) is 17.0 Å². The number of hydrogen-bond donors (Lipinski definition) is 1. The fraction of sp³-hybridized carbons (Fsp3) is 0.136. The molecule has 9 rings (SSSR count). The summed E-state index contributed by atoms with van der Waals surface area (Å²) in [6.07, 6.45) is 0. The van der Waals surface area contributed by atoms with Crippen molar-refractivity contribution < 1.29 is 0 Å². The van der Waals surface area contributed by atoms with E-state index in [9.17, 15) is 0 Å². The SMILES string of the molecule is CC1(C)c2ccccc2-c2ccc(Nc3ccc4c(c3)-c3c(c5ccccc5n3-c3ccc(-c5ccccc5)cc3)C4(C)C)cc21. The highest BCUT2D eigenvalue weighted by Crippen LogP contribution is 2.55. The van der Waals surface area contributed by atoms with Crippen LogP contribution in [0.15, 0.2) is 140 Å². The minimum Gasteiger partial charge on any atom is -0.355 e. The molecule has 222 valence electrons. The molecule has 0 radical (unpaired) electrons. The van der Waals surface area contributed by atoms with E-state index in [0.29, 0.717) is 0 Å². The van der Waals surface area contributed by atoms with E-state index in [4.69, 9.17) is 0 Å². The highest BCUT2D eigenvalue weighted by Gasteiger charge is 2.41. The molecule has 0 atom stereocenters. The van der Waals surface area contributed by atoms with E-state index < -0.39 is 0 Å². The van der Waals surface area contributed by atoms with Crippen LogP contribution in [-0.2, 0) is 10.8 Å². The van der Waals surface area contributed by atoms with Crippen molar-refractivity contribution in [3.63, 3.8) is 0 Å². The lowest BCUT2D eigenvalue weighted by atomic mass is 9.81. The largest absolute Gasteiger partial charge is 0.355 e. The predicted octanol–water partition coefficient (Wildman–Crippen LogP) is 11.7. The molecular formula is C44H36N2. The second kappa shape index (κ2) is 9.58. The van der Waals surface area contributed by atoms with Gasteiger partial charge in [0.15, 0.2) is 0 Å². The van der Waals surface area contributed by atoms with Crippen molar-refractivity contribution >= 4 is 22.3 Å². The van der Waals surface area contributed by atoms with E-state index in [1.54, 1.807) is 0 Å². The molecule has 46 heavy (non-hydrogen) atoms. The minimum absolute atomic E-state index is 0.0303. The Bertz CT molecular complexity index is 2320. The van der Waals surface area contributed by atoms with Crippen molar-refractivity contribution in [1.82, 2.24) is 4.57 Å². The first-order valence-corrected chi connectivity index (χ1v) is 16.3. The Balaban J connectivity index is 1.16. The molecule has 2 nitrogen and oxygen atoms in total. The summed E-state index contributed by atoms with van der Waals surface area (Å²) >= 11 is 0. The second-order valence-corrected chi connectivity index (χ2v) is 13.9. The van der Waals surface area contributed by atoms with Gasteiger partial charge in [-0.1, -0.05) is 125 Å². The Morgan fingerprint density at radius 2 is 1.11 bits per heavy atom. The number of fused-ring (bicyclic) bond motifs is 8. The molecule has 2 heteroatoms. The van der Waals surface area contributed by atoms with E-state index in [1.165, 1.54) is 72.4 Å². The van der Waals surface area contributed by atoms with E-state index in [1.807, 2.05) is 0 Å². The van der Waals surface area contributed by atoms with Gasteiger partial charge in [0, 0.05) is 38.8 Å². The molecule has 2 aliphatic rings. The average molecular weight is 593 g/mol. The number of para-hydroxylation sites is 1. The summed E-state index contributed by atoms with van der Waals surface area (Å²) < 4.78 is 2.48. The summed E-state index contributed by atoms with van der Waals surface area (Å²) in [4.78, 5) is 0. The van der Waals surface area contributed by atoms with Crippen molar-refractivity contribution in [2.24, 2.45) is 0 Å². The van der Waals surface area contributed by atoms with E-state index in [0.717, 1.165) is 11.4 Å². The highest BCUT2D eigenvalue weighted by atomic mass is 15.0. The van der Waals surface area contributed by atoms with Gasteiger partial charge in [-0.15, -0.1) is 0 Å². The maximum Gasteiger partial charge on any atom is 0.0585 e. The van der Waals surface area contributed by atoms with Gasteiger partial charge in [-0.3, -0.25) is 0 Å². The predicted molar refractivity (Wildman–Crippen MR) is 194 cm³/mol. The van der Waals surface area contributed by atoms with Crippen LogP contribution in [0, 0.1) is 0 Å². The summed E-state index contributed by atoms with van der Waals surface area (Å²) in [6, 6.07) is 51.2. The number of benzene rings is 6. The molecule has 2 aliphatic carbocycles. The quantitative estimate of drug-likeness (QED) is 0.215. The Morgan fingerprint density at radius 3 is 1.93 bits per heavy atom. The van der Waals surface area contributed by atoms with Gasteiger partial charge in [0.1, 0.15) is 0 Å². The monoisotopic (exact) mass is 592 g/mol. The lowest BCUT2D eigenvalue weighted by molar-refractivity contribution is 0.660. The van der Waals surface area contributed by atoms with Gasteiger partial charge in [-0.25, -0.2) is 0 Å². The molecule has 0 aliphatic heterocycles. The van der Waals surface area contributed by atoms with Crippen LogP contribution in [0.3, 0.4) is 0 Å². The van der Waals surface area contributed by atoms with Crippen LogP contribution in [0.2, 0.25) is 0 Å². The Kier molecular flexibility index (Phi) is 5.63. The number of rotatable bonds is 4. The first-order chi connectivity index (χ1) is 22.3. The maximum atomic E-state index is 3.80. The van der Waals surface area contributed by atoms with E-state index in [-0.39, 0.29) is 10.8 Å². The third-order valence-electron chi connectivity index (χ3n) is 10.6. The van der Waals surface area contributed by atoms with Crippen LogP contribution in [0.25, 0.3) is 50.1 Å². The van der Waals surface area contributed by atoms with E-state index in [2.05, 4.69) is 177 Å². The zero-order valence-electron chi connectivity index (χ0n) is 26.7. The van der Waals surface area contributed by atoms with Crippen LogP contribution < -0.4 is 5.32 Å². The Hall–Kier alpha value is -5.34. The maximum absolute atomic E-state index is 3.80. The lowest BCUT2D eigenvalue weighted by Gasteiger charge is -2.23. The van der Waals surface area contributed by atoms with Crippen molar-refractivity contribution in [2.45, 2.75) is 38.5 Å². The van der Waals surface area contributed by atoms with Crippen molar-refractivity contribution in [3.05, 3.63) is 162 Å². The standard InChI is InChI=1S/C44H36N2/c1-43(2)37-16-10-8-14-33(37)34-24-20-31(27-39(34)43)45-30-21-25-38-36(26-30)42-41(44(38,3)4)35-15-9-11-17-40(35)46(42)32-22-18-29(19-23-32)28-12-6-5-7-13-28/h5-27,45H,1-4H3. The summed E-state index contributed by atoms with van der Waals surface area (Å²) in [5, 5.41) is 5.12. The lowest BCUT2D eigenvalue weighted by Crippen LogP contribution is -2.15. The van der Waals surface area contributed by atoms with E-state index >= 15 is 0 Å². The second-order valence-electron chi connectivity index (χ2n) is 13.9. The number of nitrogens with one attached hydrogen (secondary N) is 1. The number of aromatic nitrogens is 1. The van der Waals surface area contributed by atoms with Gasteiger partial charge >= 0.3 is 0 Å². The minimum atomic E-state index is -0.124. The fourth-order valence-corrected chi connectivity index (χ4v) is 8.28. The summed E-state index contributed by atoms with van der Waals surface area (Å²) in [6.45, 7) is 9.43. The molecule has 0 saturated heterocycles. The Morgan fingerprint density at radius 1 is 0.478 bits per heavy atom. The van der Waals surface area contributed by atoms with Gasteiger partial charge < -0.3 is 9.88 Å². The number of anilines is 2. The molecule has 1 heterocycles. The normalized spacial score (nSPS) is 14.9. The van der Waals surface area contributed by atoms with Crippen LogP contribution >= 0.6 is 0 Å². The molecule has 0 spiro atoms. The molecule has 0 unspecified atom stereocenters. The third-order valence-corrected chi connectivity index (χ3v) is 10.6. The zero-order chi connectivity index (χ0) is 31.2. The molecule has 0 amide bonds. The molecular weight excluding hydrogens is 556 g/mol. The average Bonchev–Trinajstić information content (AvgIpc) is 3.63. The van der Waals surface area contributed by atoms with Gasteiger partial charge in [0.25, 0.3) is 0 Å². The summed E-state index contributed by atoms with van der Waals surface area (Å²) in [5.41, 5.74) is 17.8. The fourth-order valence-electron chi connectivity index (χ4n) is 8.28. The van der Waals surface area contributed by atoms with Crippen molar-refractivity contribution in [2.75, 3.05) is 5.32 Å². The molecule has 1 aromatic heterocycles. The molecule has 7 aromatic rings. The van der Waals surface area contributed by atoms with Crippen LogP contribution in [0.1, 0.15) is 49.9 Å². The van der Waals surface area contributed by atoms with Crippen LogP contribution in [-0.4, -0.2) is 4.57 Å². The van der Waals surface area contributed by atoms with Gasteiger partial charge in [-0.2, -0.15) is 0 Å². The van der Waals surface area contributed by atoms with Crippen molar-refractivity contribution in [3.8, 4) is 39.2 Å². The zero-order valence-corrected chi connectivity index (χ0v) is 26.7. The van der Waals surface area contributed by atoms with Gasteiger partial charge in [0.2, 0.25) is 0 Å². The van der Waals surface area contributed by atoms with Crippen LogP contribution in [0.4, 0.5) is 11.4 Å². The molecule has 0 fully saturated rings. The van der Waals surface area contributed by atoms with Gasteiger partial charge in [-0.05, 0) is 87.0 Å². The van der Waals surface area contributed by atoms with Crippen molar-refractivity contribution in [1.29, 1.82) is 0 Å². The summed E-state index contributed by atoms with van der Waals surface area (Å²) in [5.74, 6) is 0. The molecule has 0 saturated carbocycles. The number of hydrogen-bond acceptors (Lipinski definition) is 1. The Labute approximate surface area is 271 Å². The highest BCUT2D eigenvalue weighted by molar-refractivity contribution is 6.00. The first-order valence-electron chi connectivity index (χ1n) is 16.3. The van der Waals surface area contributed by atoms with Gasteiger partial charge in [0.05, 0.1) is 11.2 Å².